The van der Waals surface area contributed by atoms with Gasteiger partial charge >= 0.3 is 0 Å². The summed E-state index contributed by atoms with van der Waals surface area (Å²) in [6.07, 6.45) is 7.22. The number of hydrogen-bond acceptors (Lipinski definition) is 2. The van der Waals surface area contributed by atoms with Crippen LogP contribution in [0.1, 0.15) is 57.6 Å². The maximum Gasteiger partial charge on any atom is 0.219 e. The van der Waals surface area contributed by atoms with E-state index >= 15 is 0 Å². The number of aliphatic imine (C=N–C) groups is 1. The third-order valence-electron chi connectivity index (χ3n) is 6.35. The minimum absolute atomic E-state index is 0.285. The molecule has 0 bridgehead atoms. The standard InChI is InChI=1S/C21H30N3/c1-15-5-8-19(22-13-15)16-6-7-17-14-24(20(17)11-16)18-9-10-23(4)21(2,3)12-18/h6-7,11,14-15,18H,5,8-10,12-13H2,1-4H3/q+1/t15-,18?/m0/s1. The molecule has 24 heavy (non-hydrogen) atoms. The summed E-state index contributed by atoms with van der Waals surface area (Å²) in [7, 11) is 2.25. The SMILES string of the molecule is C[C@H]1CCC(c2ccc3c(c2)[N+](C2CCN(C)C(C)(C)C2)=C3)=NC1. The minimum atomic E-state index is 0.285. The van der Waals surface area contributed by atoms with Crippen LogP contribution in [-0.2, 0) is 0 Å². The highest BCUT2D eigenvalue weighted by Gasteiger charge is 2.41. The fourth-order valence-corrected chi connectivity index (χ4v) is 4.28. The molecule has 0 saturated carbocycles. The second-order valence-corrected chi connectivity index (χ2v) is 8.62. The molecule has 0 radical (unpaired) electrons. The Labute approximate surface area is 146 Å². The first-order valence-corrected chi connectivity index (χ1v) is 9.46. The van der Waals surface area contributed by atoms with Crippen LogP contribution >= 0.6 is 0 Å². The summed E-state index contributed by atoms with van der Waals surface area (Å²) in [6.45, 7) is 9.21. The molecule has 0 N–H and O–H groups in total. The first-order valence-electron chi connectivity index (χ1n) is 9.46. The summed E-state index contributed by atoms with van der Waals surface area (Å²) in [5.74, 6) is 0.742. The van der Waals surface area contributed by atoms with Crippen molar-refractivity contribution in [3.8, 4) is 0 Å². The lowest BCUT2D eigenvalue weighted by molar-refractivity contribution is -0.499. The molecule has 1 unspecified atom stereocenters. The summed E-state index contributed by atoms with van der Waals surface area (Å²) >= 11 is 0. The van der Waals surface area contributed by atoms with Gasteiger partial charge in [0.25, 0.3) is 0 Å². The van der Waals surface area contributed by atoms with Crippen LogP contribution in [0.3, 0.4) is 0 Å². The molecule has 2 atom stereocenters. The number of nitrogens with zero attached hydrogens (tertiary/aromatic N) is 3. The third kappa shape index (κ3) is 2.73. The van der Waals surface area contributed by atoms with Gasteiger partial charge in [-0.2, -0.15) is 4.58 Å². The molecule has 3 aliphatic rings. The molecule has 0 spiro atoms. The molecule has 0 aromatic heterocycles. The summed E-state index contributed by atoms with van der Waals surface area (Å²) < 4.78 is 2.53. The van der Waals surface area contributed by atoms with E-state index in [2.05, 4.69) is 61.7 Å². The summed E-state index contributed by atoms with van der Waals surface area (Å²) in [6, 6.07) is 7.56. The van der Waals surface area contributed by atoms with Crippen molar-refractivity contribution in [2.24, 2.45) is 10.9 Å². The fraction of sp³-hybridized carbons (Fsp3) is 0.619. The van der Waals surface area contributed by atoms with Crippen molar-refractivity contribution >= 4 is 17.6 Å². The smallest absolute Gasteiger partial charge is 0.219 e. The lowest BCUT2D eigenvalue weighted by atomic mass is 9.85. The topological polar surface area (TPSA) is 18.6 Å². The Hall–Kier alpha value is -1.48. The summed E-state index contributed by atoms with van der Waals surface area (Å²) in [5.41, 5.74) is 5.74. The van der Waals surface area contributed by atoms with Crippen molar-refractivity contribution in [3.63, 3.8) is 0 Å². The molecule has 128 valence electrons. The van der Waals surface area contributed by atoms with E-state index in [9.17, 15) is 0 Å². The van der Waals surface area contributed by atoms with Crippen molar-refractivity contribution < 1.29 is 4.58 Å². The Morgan fingerprint density at radius 2 is 2.08 bits per heavy atom. The lowest BCUT2D eigenvalue weighted by Gasteiger charge is -2.42. The van der Waals surface area contributed by atoms with Crippen LogP contribution in [-0.4, -0.2) is 53.1 Å². The highest BCUT2D eigenvalue weighted by Crippen LogP contribution is 2.36. The molecule has 3 nitrogen and oxygen atoms in total. The van der Waals surface area contributed by atoms with Gasteiger partial charge in [0.15, 0.2) is 12.3 Å². The van der Waals surface area contributed by atoms with E-state index in [1.54, 1.807) is 0 Å². The minimum Gasteiger partial charge on any atom is -0.301 e. The second kappa shape index (κ2) is 5.80. The summed E-state index contributed by atoms with van der Waals surface area (Å²) in [5, 5.41) is 0. The van der Waals surface area contributed by atoms with Crippen molar-refractivity contribution in [2.45, 2.75) is 58.0 Å². The van der Waals surface area contributed by atoms with E-state index in [-0.39, 0.29) is 5.54 Å². The first-order chi connectivity index (χ1) is 11.4. The second-order valence-electron chi connectivity index (χ2n) is 8.62. The van der Waals surface area contributed by atoms with Crippen LogP contribution in [0.15, 0.2) is 23.2 Å². The number of likely N-dealkylation sites (tertiary alicyclic amines) is 1. The number of rotatable bonds is 2. The molecule has 3 heterocycles. The normalized spacial score (nSPS) is 29.3. The van der Waals surface area contributed by atoms with Gasteiger partial charge in [0.1, 0.15) is 5.56 Å². The molecule has 1 fully saturated rings. The van der Waals surface area contributed by atoms with Gasteiger partial charge in [0.2, 0.25) is 5.69 Å². The molecule has 4 rings (SSSR count). The van der Waals surface area contributed by atoms with Gasteiger partial charge in [-0.15, -0.1) is 0 Å². The van der Waals surface area contributed by atoms with Crippen LogP contribution in [0.25, 0.3) is 0 Å². The molecule has 0 amide bonds. The first kappa shape index (κ1) is 16.0. The van der Waals surface area contributed by atoms with E-state index in [1.807, 2.05) is 0 Å². The number of hydrogen-bond donors (Lipinski definition) is 0. The highest BCUT2D eigenvalue weighted by atomic mass is 15.2. The van der Waals surface area contributed by atoms with Crippen molar-refractivity contribution in [1.82, 2.24) is 4.90 Å². The van der Waals surface area contributed by atoms with E-state index < -0.39 is 0 Å². The van der Waals surface area contributed by atoms with Crippen LogP contribution in [0.4, 0.5) is 5.69 Å². The molecule has 3 heteroatoms. The monoisotopic (exact) mass is 324 g/mol. The van der Waals surface area contributed by atoms with Gasteiger partial charge in [-0.3, -0.25) is 4.99 Å². The molecule has 1 saturated heterocycles. The van der Waals surface area contributed by atoms with Crippen molar-refractivity contribution in [1.29, 1.82) is 0 Å². The van der Waals surface area contributed by atoms with Crippen molar-refractivity contribution in [3.05, 3.63) is 29.3 Å². The average Bonchev–Trinajstić information content (AvgIpc) is 2.53. The lowest BCUT2D eigenvalue weighted by Crippen LogP contribution is -2.52. The molecule has 3 aliphatic heterocycles. The Kier molecular flexibility index (Phi) is 3.87. The summed E-state index contributed by atoms with van der Waals surface area (Å²) in [4.78, 5) is 7.33. The van der Waals surface area contributed by atoms with Crippen LogP contribution in [0, 0.1) is 5.92 Å². The Morgan fingerprint density at radius 3 is 2.79 bits per heavy atom. The zero-order chi connectivity index (χ0) is 16.9. The van der Waals surface area contributed by atoms with Gasteiger partial charge in [0, 0.05) is 48.8 Å². The van der Waals surface area contributed by atoms with E-state index in [0.717, 1.165) is 18.9 Å². The molecular weight excluding hydrogens is 294 g/mol. The quantitative estimate of drug-likeness (QED) is 0.756. The molecule has 1 aromatic carbocycles. The predicted octanol–water partition coefficient (Wildman–Crippen LogP) is 3.85. The Bertz CT molecular complexity index is 714. The maximum absolute atomic E-state index is 4.83. The van der Waals surface area contributed by atoms with E-state index in [1.165, 1.54) is 48.3 Å². The Morgan fingerprint density at radius 1 is 1.25 bits per heavy atom. The molecule has 1 aromatic rings. The number of piperidine rings is 1. The van der Waals surface area contributed by atoms with Crippen LogP contribution in [0.5, 0.6) is 0 Å². The van der Waals surface area contributed by atoms with Crippen molar-refractivity contribution in [2.75, 3.05) is 20.1 Å². The molecule has 0 aliphatic carbocycles. The van der Waals surface area contributed by atoms with E-state index in [4.69, 9.17) is 4.99 Å². The highest BCUT2D eigenvalue weighted by molar-refractivity contribution is 6.03. The average molecular weight is 324 g/mol. The zero-order valence-electron chi connectivity index (χ0n) is 15.5. The van der Waals surface area contributed by atoms with Crippen LogP contribution in [0.2, 0.25) is 0 Å². The number of benzene rings is 1. The number of fused-ring (bicyclic) bond motifs is 1. The van der Waals surface area contributed by atoms with Gasteiger partial charge in [-0.05, 0) is 45.7 Å². The third-order valence-corrected chi connectivity index (χ3v) is 6.35. The van der Waals surface area contributed by atoms with Crippen LogP contribution < -0.4 is 0 Å². The maximum atomic E-state index is 4.83. The predicted molar refractivity (Wildman–Crippen MR) is 101 cm³/mol. The molecular formula is C21H30N3+. The largest absolute Gasteiger partial charge is 0.301 e. The zero-order valence-corrected chi connectivity index (χ0v) is 15.5. The Balaban J connectivity index is 1.55. The van der Waals surface area contributed by atoms with Gasteiger partial charge in [0.05, 0.1) is 0 Å². The van der Waals surface area contributed by atoms with E-state index in [0.29, 0.717) is 6.04 Å². The van der Waals surface area contributed by atoms with Gasteiger partial charge < -0.3 is 4.90 Å². The van der Waals surface area contributed by atoms with Gasteiger partial charge in [-0.1, -0.05) is 13.0 Å². The fourth-order valence-electron chi connectivity index (χ4n) is 4.28. The van der Waals surface area contributed by atoms with Gasteiger partial charge in [-0.25, -0.2) is 0 Å².